The minimum absolute atomic E-state index is 0.247. The highest BCUT2D eigenvalue weighted by Crippen LogP contribution is 2.10. The lowest BCUT2D eigenvalue weighted by atomic mass is 10.2. The van der Waals surface area contributed by atoms with Gasteiger partial charge in [0.25, 0.3) is 0 Å². The normalized spacial score (nSPS) is 17.8. The molecular formula is C13H22N4O. The molecule has 0 saturated carbocycles. The van der Waals surface area contributed by atoms with E-state index in [0.717, 1.165) is 31.9 Å². The molecule has 1 aromatic heterocycles. The number of amides is 1. The monoisotopic (exact) mass is 250 g/mol. The molecule has 5 heteroatoms. The van der Waals surface area contributed by atoms with Crippen molar-refractivity contribution in [2.75, 3.05) is 26.2 Å². The number of carbonyl (C=O) groups is 1. The second-order valence-corrected chi connectivity index (χ2v) is 5.44. The third-order valence-corrected chi connectivity index (χ3v) is 3.29. The first-order valence-corrected chi connectivity index (χ1v) is 6.51. The summed E-state index contributed by atoms with van der Waals surface area (Å²) in [7, 11) is 1.99. The van der Waals surface area contributed by atoms with Crippen LogP contribution in [0.3, 0.4) is 0 Å². The number of rotatable bonds is 4. The van der Waals surface area contributed by atoms with Gasteiger partial charge in [0.05, 0.1) is 18.6 Å². The van der Waals surface area contributed by atoms with E-state index < -0.39 is 0 Å². The number of hydrogen-bond donors (Lipinski definition) is 0. The molecule has 0 unspecified atom stereocenters. The summed E-state index contributed by atoms with van der Waals surface area (Å²) in [6.45, 7) is 8.29. The van der Waals surface area contributed by atoms with E-state index in [1.165, 1.54) is 0 Å². The van der Waals surface area contributed by atoms with E-state index in [9.17, 15) is 4.79 Å². The van der Waals surface area contributed by atoms with Crippen LogP contribution in [0.25, 0.3) is 0 Å². The summed E-state index contributed by atoms with van der Waals surface area (Å²) in [6, 6.07) is 0. The van der Waals surface area contributed by atoms with E-state index in [1.54, 1.807) is 6.33 Å². The molecule has 0 aromatic carbocycles. The van der Waals surface area contributed by atoms with E-state index in [2.05, 4.69) is 23.7 Å². The molecule has 0 spiro atoms. The predicted octanol–water partition coefficient (Wildman–Crippen LogP) is 0.720. The number of hydrogen-bond acceptors (Lipinski definition) is 3. The van der Waals surface area contributed by atoms with E-state index in [-0.39, 0.29) is 5.91 Å². The van der Waals surface area contributed by atoms with Crippen LogP contribution >= 0.6 is 0 Å². The van der Waals surface area contributed by atoms with Gasteiger partial charge in [-0.25, -0.2) is 4.98 Å². The summed E-state index contributed by atoms with van der Waals surface area (Å²) < 4.78 is 2.00. The Balaban J connectivity index is 1.88. The molecule has 1 fully saturated rings. The maximum absolute atomic E-state index is 12.0. The number of aromatic nitrogens is 2. The largest absolute Gasteiger partial charge is 0.340 e. The van der Waals surface area contributed by atoms with Crippen LogP contribution in [0, 0.1) is 5.92 Å². The Morgan fingerprint density at radius 2 is 2.17 bits per heavy atom. The quantitative estimate of drug-likeness (QED) is 0.790. The van der Waals surface area contributed by atoms with Gasteiger partial charge >= 0.3 is 0 Å². The van der Waals surface area contributed by atoms with Crippen molar-refractivity contribution in [2.24, 2.45) is 13.0 Å². The molecular weight excluding hydrogens is 228 g/mol. The van der Waals surface area contributed by atoms with Crippen molar-refractivity contribution >= 4 is 5.91 Å². The van der Waals surface area contributed by atoms with Crippen molar-refractivity contribution in [1.82, 2.24) is 19.4 Å². The third-order valence-electron chi connectivity index (χ3n) is 3.29. The molecule has 1 aliphatic rings. The van der Waals surface area contributed by atoms with Gasteiger partial charge < -0.3 is 9.47 Å². The van der Waals surface area contributed by atoms with Gasteiger partial charge in [-0.3, -0.25) is 9.69 Å². The topological polar surface area (TPSA) is 41.4 Å². The average Bonchev–Trinajstić information content (AvgIpc) is 2.68. The van der Waals surface area contributed by atoms with Crippen molar-refractivity contribution < 1.29 is 4.79 Å². The van der Waals surface area contributed by atoms with E-state index in [4.69, 9.17) is 0 Å². The Bertz CT molecular complexity index is 413. The van der Waals surface area contributed by atoms with Gasteiger partial charge in [-0.2, -0.15) is 0 Å². The molecule has 1 amide bonds. The van der Waals surface area contributed by atoms with Gasteiger partial charge in [0, 0.05) is 39.4 Å². The highest BCUT2D eigenvalue weighted by Gasteiger charge is 2.24. The Morgan fingerprint density at radius 1 is 1.39 bits per heavy atom. The lowest BCUT2D eigenvalue weighted by Crippen LogP contribution is -2.50. The van der Waals surface area contributed by atoms with Crippen molar-refractivity contribution in [3.8, 4) is 0 Å². The van der Waals surface area contributed by atoms with E-state index in [1.807, 2.05) is 22.7 Å². The number of nitrogens with zero attached hydrogens (tertiary/aromatic N) is 4. The van der Waals surface area contributed by atoms with Crippen LogP contribution in [0.1, 0.15) is 19.5 Å². The van der Waals surface area contributed by atoms with Gasteiger partial charge in [0.1, 0.15) is 0 Å². The minimum atomic E-state index is 0.247. The SMILES string of the molecule is CC(C)CN1CCN(Cc2cncn2C)CC1=O. The number of carbonyl (C=O) groups excluding carboxylic acids is 1. The van der Waals surface area contributed by atoms with Gasteiger partial charge in [-0.1, -0.05) is 13.8 Å². The van der Waals surface area contributed by atoms with E-state index >= 15 is 0 Å². The van der Waals surface area contributed by atoms with Gasteiger partial charge in [-0.05, 0) is 5.92 Å². The molecule has 2 rings (SSSR count). The summed E-state index contributed by atoms with van der Waals surface area (Å²) >= 11 is 0. The van der Waals surface area contributed by atoms with Crippen LogP contribution in [0.5, 0.6) is 0 Å². The molecule has 1 saturated heterocycles. The van der Waals surface area contributed by atoms with Crippen LogP contribution in [0.4, 0.5) is 0 Å². The maximum atomic E-state index is 12.0. The zero-order chi connectivity index (χ0) is 13.1. The maximum Gasteiger partial charge on any atom is 0.236 e. The first-order chi connectivity index (χ1) is 8.56. The summed E-state index contributed by atoms with van der Waals surface area (Å²) in [4.78, 5) is 20.3. The smallest absolute Gasteiger partial charge is 0.236 e. The second kappa shape index (κ2) is 5.52. The molecule has 0 radical (unpaired) electrons. The third kappa shape index (κ3) is 3.10. The van der Waals surface area contributed by atoms with Crippen molar-refractivity contribution in [2.45, 2.75) is 20.4 Å². The van der Waals surface area contributed by atoms with Crippen LogP contribution < -0.4 is 0 Å². The van der Waals surface area contributed by atoms with Gasteiger partial charge in [0.2, 0.25) is 5.91 Å². The summed E-state index contributed by atoms with van der Waals surface area (Å²) in [5.41, 5.74) is 1.15. The first-order valence-electron chi connectivity index (χ1n) is 6.51. The van der Waals surface area contributed by atoms with Crippen LogP contribution in [0.2, 0.25) is 0 Å². The Labute approximate surface area is 108 Å². The van der Waals surface area contributed by atoms with Crippen LogP contribution in [-0.4, -0.2) is 51.4 Å². The minimum Gasteiger partial charge on any atom is -0.340 e. The van der Waals surface area contributed by atoms with Crippen molar-refractivity contribution in [3.05, 3.63) is 18.2 Å². The van der Waals surface area contributed by atoms with Crippen molar-refractivity contribution in [1.29, 1.82) is 0 Å². The first kappa shape index (κ1) is 13.1. The highest BCUT2D eigenvalue weighted by molar-refractivity contribution is 5.79. The van der Waals surface area contributed by atoms with Gasteiger partial charge in [-0.15, -0.1) is 0 Å². The molecule has 0 N–H and O–H groups in total. The molecule has 18 heavy (non-hydrogen) atoms. The zero-order valence-corrected chi connectivity index (χ0v) is 11.5. The standard InChI is InChI=1S/C13H22N4O/c1-11(2)7-17-5-4-16(9-13(17)18)8-12-6-14-10-15(12)3/h6,10-11H,4-5,7-9H2,1-3H3. The highest BCUT2D eigenvalue weighted by atomic mass is 16.2. The average molecular weight is 250 g/mol. The lowest BCUT2D eigenvalue weighted by Gasteiger charge is -2.35. The Morgan fingerprint density at radius 3 is 2.72 bits per heavy atom. The summed E-state index contributed by atoms with van der Waals surface area (Å²) in [5.74, 6) is 0.787. The number of aryl methyl sites for hydroxylation is 1. The Kier molecular flexibility index (Phi) is 4.01. The fraction of sp³-hybridized carbons (Fsp3) is 0.692. The molecule has 1 aliphatic heterocycles. The fourth-order valence-electron chi connectivity index (χ4n) is 2.29. The molecule has 0 aliphatic carbocycles. The predicted molar refractivity (Wildman–Crippen MR) is 69.9 cm³/mol. The molecule has 0 atom stereocenters. The summed E-state index contributed by atoms with van der Waals surface area (Å²) in [5, 5.41) is 0. The summed E-state index contributed by atoms with van der Waals surface area (Å²) in [6.07, 6.45) is 3.66. The lowest BCUT2D eigenvalue weighted by molar-refractivity contribution is -0.136. The number of piperazine rings is 1. The molecule has 1 aromatic rings. The molecule has 100 valence electrons. The van der Waals surface area contributed by atoms with Crippen molar-refractivity contribution in [3.63, 3.8) is 0 Å². The zero-order valence-electron chi connectivity index (χ0n) is 11.5. The number of imidazole rings is 1. The fourth-order valence-corrected chi connectivity index (χ4v) is 2.29. The Hall–Kier alpha value is -1.36. The molecule has 2 heterocycles. The van der Waals surface area contributed by atoms with Crippen LogP contribution in [0.15, 0.2) is 12.5 Å². The van der Waals surface area contributed by atoms with Crippen LogP contribution in [-0.2, 0) is 18.4 Å². The second-order valence-electron chi connectivity index (χ2n) is 5.44. The molecule has 0 bridgehead atoms. The van der Waals surface area contributed by atoms with Gasteiger partial charge in [0.15, 0.2) is 0 Å². The molecule has 5 nitrogen and oxygen atoms in total. The van der Waals surface area contributed by atoms with E-state index in [0.29, 0.717) is 12.5 Å².